The first-order chi connectivity index (χ1) is 9.71. The van der Waals surface area contributed by atoms with Crippen molar-refractivity contribution in [3.05, 3.63) is 42.1 Å². The number of hydrogen-bond acceptors (Lipinski definition) is 3. The zero-order valence-electron chi connectivity index (χ0n) is 12.0. The maximum atomic E-state index is 6.20. The molecular formula is C17H22N2O. The van der Waals surface area contributed by atoms with Gasteiger partial charge in [-0.3, -0.25) is 4.98 Å². The second-order valence-corrected chi connectivity index (χ2v) is 6.05. The second kappa shape index (κ2) is 5.51. The minimum Gasteiger partial charge on any atom is -0.369 e. The van der Waals surface area contributed by atoms with Crippen LogP contribution in [0.4, 0.5) is 0 Å². The van der Waals surface area contributed by atoms with Crippen molar-refractivity contribution >= 4 is 10.9 Å². The predicted octanol–water partition coefficient (Wildman–Crippen LogP) is 3.27. The van der Waals surface area contributed by atoms with E-state index in [2.05, 4.69) is 36.2 Å². The fraction of sp³-hybridized carbons (Fsp3) is 0.471. The SMILES string of the molecule is CC1CCC(CN)(OCc2ccc3ncccc3c2)C1. The van der Waals surface area contributed by atoms with E-state index in [-0.39, 0.29) is 5.60 Å². The molecule has 1 aliphatic carbocycles. The van der Waals surface area contributed by atoms with Gasteiger partial charge in [0.25, 0.3) is 0 Å². The lowest BCUT2D eigenvalue weighted by Crippen LogP contribution is -2.38. The molecule has 3 heteroatoms. The van der Waals surface area contributed by atoms with Crippen LogP contribution in [0.3, 0.4) is 0 Å². The van der Waals surface area contributed by atoms with Gasteiger partial charge < -0.3 is 10.5 Å². The van der Waals surface area contributed by atoms with E-state index in [0.717, 1.165) is 29.7 Å². The van der Waals surface area contributed by atoms with Crippen molar-refractivity contribution < 1.29 is 4.74 Å². The number of hydrogen-bond donors (Lipinski definition) is 1. The Labute approximate surface area is 120 Å². The molecule has 3 rings (SSSR count). The van der Waals surface area contributed by atoms with E-state index in [1.165, 1.54) is 12.0 Å². The zero-order chi connectivity index (χ0) is 14.0. The molecule has 0 aliphatic heterocycles. The monoisotopic (exact) mass is 270 g/mol. The van der Waals surface area contributed by atoms with Crippen LogP contribution in [0, 0.1) is 5.92 Å². The van der Waals surface area contributed by atoms with Gasteiger partial charge in [0.15, 0.2) is 0 Å². The molecule has 1 saturated carbocycles. The largest absolute Gasteiger partial charge is 0.369 e. The molecule has 1 aromatic heterocycles. The molecule has 2 atom stereocenters. The molecule has 1 aliphatic rings. The van der Waals surface area contributed by atoms with Gasteiger partial charge in [0, 0.05) is 18.1 Å². The lowest BCUT2D eigenvalue weighted by molar-refractivity contribution is -0.0470. The first-order valence-corrected chi connectivity index (χ1v) is 7.38. The highest BCUT2D eigenvalue weighted by molar-refractivity contribution is 5.78. The number of ether oxygens (including phenoxy) is 1. The fourth-order valence-electron chi connectivity index (χ4n) is 3.18. The number of rotatable bonds is 4. The summed E-state index contributed by atoms with van der Waals surface area (Å²) in [5.41, 5.74) is 8.06. The van der Waals surface area contributed by atoms with Crippen LogP contribution in [0.1, 0.15) is 31.7 Å². The summed E-state index contributed by atoms with van der Waals surface area (Å²) >= 11 is 0. The quantitative estimate of drug-likeness (QED) is 0.927. The summed E-state index contributed by atoms with van der Waals surface area (Å²) in [5, 5.41) is 1.16. The fourth-order valence-corrected chi connectivity index (χ4v) is 3.18. The molecule has 0 radical (unpaired) electrons. The lowest BCUT2D eigenvalue weighted by Gasteiger charge is -2.28. The van der Waals surface area contributed by atoms with Crippen molar-refractivity contribution in [1.82, 2.24) is 4.98 Å². The third-order valence-corrected chi connectivity index (χ3v) is 4.40. The molecule has 0 bridgehead atoms. The van der Waals surface area contributed by atoms with Gasteiger partial charge in [0.05, 0.1) is 17.7 Å². The molecule has 2 N–H and O–H groups in total. The molecular weight excluding hydrogens is 248 g/mol. The highest BCUT2D eigenvalue weighted by Crippen LogP contribution is 2.37. The maximum absolute atomic E-state index is 6.20. The Morgan fingerprint density at radius 2 is 2.30 bits per heavy atom. The first kappa shape index (κ1) is 13.5. The van der Waals surface area contributed by atoms with Gasteiger partial charge in [-0.15, -0.1) is 0 Å². The minimum absolute atomic E-state index is 0.108. The molecule has 0 spiro atoms. The Bertz CT molecular complexity index is 598. The van der Waals surface area contributed by atoms with Crippen LogP contribution < -0.4 is 5.73 Å². The van der Waals surface area contributed by atoms with Crippen LogP contribution >= 0.6 is 0 Å². The maximum Gasteiger partial charge on any atom is 0.0811 e. The number of pyridine rings is 1. The van der Waals surface area contributed by atoms with Crippen LogP contribution in [0.5, 0.6) is 0 Å². The third kappa shape index (κ3) is 2.69. The summed E-state index contributed by atoms with van der Waals surface area (Å²) < 4.78 is 6.20. The van der Waals surface area contributed by atoms with Gasteiger partial charge in [0.1, 0.15) is 0 Å². The van der Waals surface area contributed by atoms with Gasteiger partial charge in [-0.05, 0) is 48.9 Å². The third-order valence-electron chi connectivity index (χ3n) is 4.40. The normalized spacial score (nSPS) is 26.2. The van der Waals surface area contributed by atoms with Gasteiger partial charge in [0.2, 0.25) is 0 Å². The van der Waals surface area contributed by atoms with E-state index in [4.69, 9.17) is 10.5 Å². The summed E-state index contributed by atoms with van der Waals surface area (Å²) in [5.74, 6) is 0.722. The van der Waals surface area contributed by atoms with Crippen molar-refractivity contribution in [3.63, 3.8) is 0 Å². The molecule has 3 nitrogen and oxygen atoms in total. The Balaban J connectivity index is 1.73. The van der Waals surface area contributed by atoms with E-state index < -0.39 is 0 Å². The van der Waals surface area contributed by atoms with Crippen molar-refractivity contribution in [2.24, 2.45) is 11.7 Å². The molecule has 20 heavy (non-hydrogen) atoms. The summed E-state index contributed by atoms with van der Waals surface area (Å²) in [4.78, 5) is 4.34. The summed E-state index contributed by atoms with van der Waals surface area (Å²) in [6.45, 7) is 3.53. The topological polar surface area (TPSA) is 48.1 Å². The molecule has 1 heterocycles. The van der Waals surface area contributed by atoms with Crippen molar-refractivity contribution in [3.8, 4) is 0 Å². The molecule has 0 amide bonds. The molecule has 1 fully saturated rings. The predicted molar refractivity (Wildman–Crippen MR) is 81.3 cm³/mol. The highest BCUT2D eigenvalue weighted by Gasteiger charge is 2.37. The zero-order valence-corrected chi connectivity index (χ0v) is 12.0. The molecule has 2 aromatic rings. The van der Waals surface area contributed by atoms with E-state index in [1.54, 1.807) is 0 Å². The highest BCUT2D eigenvalue weighted by atomic mass is 16.5. The van der Waals surface area contributed by atoms with Crippen LogP contribution in [-0.2, 0) is 11.3 Å². The average Bonchev–Trinajstić information content (AvgIpc) is 2.87. The molecule has 106 valence electrons. The molecule has 0 saturated heterocycles. The van der Waals surface area contributed by atoms with E-state index in [9.17, 15) is 0 Å². The van der Waals surface area contributed by atoms with Gasteiger partial charge >= 0.3 is 0 Å². The van der Waals surface area contributed by atoms with Crippen molar-refractivity contribution in [2.45, 2.75) is 38.4 Å². The van der Waals surface area contributed by atoms with Gasteiger partial charge in [-0.2, -0.15) is 0 Å². The standard InChI is InChI=1S/C17H22N2O/c1-13-6-7-17(10-13,12-18)20-11-14-4-5-16-15(9-14)3-2-8-19-16/h2-5,8-9,13H,6-7,10-12,18H2,1H3. The Morgan fingerprint density at radius 1 is 1.40 bits per heavy atom. The van der Waals surface area contributed by atoms with E-state index >= 15 is 0 Å². The number of aromatic nitrogens is 1. The second-order valence-electron chi connectivity index (χ2n) is 6.05. The van der Waals surface area contributed by atoms with Crippen molar-refractivity contribution in [1.29, 1.82) is 0 Å². The van der Waals surface area contributed by atoms with Crippen LogP contribution in [0.2, 0.25) is 0 Å². The molecule has 2 unspecified atom stereocenters. The van der Waals surface area contributed by atoms with Gasteiger partial charge in [-0.1, -0.05) is 19.1 Å². The van der Waals surface area contributed by atoms with E-state index in [1.807, 2.05) is 12.3 Å². The minimum atomic E-state index is -0.108. The number of nitrogens with zero attached hydrogens (tertiary/aromatic N) is 1. The molecule has 1 aromatic carbocycles. The smallest absolute Gasteiger partial charge is 0.0811 e. The lowest BCUT2D eigenvalue weighted by atomic mass is 10.0. The van der Waals surface area contributed by atoms with Crippen LogP contribution in [-0.4, -0.2) is 17.1 Å². The van der Waals surface area contributed by atoms with Crippen LogP contribution in [0.25, 0.3) is 10.9 Å². The Hall–Kier alpha value is -1.45. The van der Waals surface area contributed by atoms with Crippen molar-refractivity contribution in [2.75, 3.05) is 6.54 Å². The summed E-state index contributed by atoms with van der Waals surface area (Å²) in [7, 11) is 0. The number of nitrogens with two attached hydrogens (primary N) is 1. The summed E-state index contributed by atoms with van der Waals surface area (Å²) in [6.07, 6.45) is 5.21. The average molecular weight is 270 g/mol. The number of benzene rings is 1. The Morgan fingerprint density at radius 3 is 3.05 bits per heavy atom. The first-order valence-electron chi connectivity index (χ1n) is 7.38. The van der Waals surface area contributed by atoms with Gasteiger partial charge in [-0.25, -0.2) is 0 Å². The van der Waals surface area contributed by atoms with E-state index in [0.29, 0.717) is 13.2 Å². The summed E-state index contributed by atoms with van der Waals surface area (Å²) in [6, 6.07) is 10.4. The Kier molecular flexibility index (Phi) is 3.72. The number of fused-ring (bicyclic) bond motifs is 1. The van der Waals surface area contributed by atoms with Crippen LogP contribution in [0.15, 0.2) is 36.5 Å².